The van der Waals surface area contributed by atoms with Crippen LogP contribution in [0.1, 0.15) is 38.3 Å². The fraction of sp³-hybridized carbons (Fsp3) is 0.586. The van der Waals surface area contributed by atoms with Crippen LogP contribution in [0.3, 0.4) is 0 Å². The minimum Gasteiger partial charge on any atom is -0.507 e. The number of nitrogens with two attached hydrogens (primary N) is 1. The fourth-order valence-corrected chi connectivity index (χ4v) is 6.87. The van der Waals surface area contributed by atoms with Gasteiger partial charge in [0, 0.05) is 49.4 Å². The summed E-state index contributed by atoms with van der Waals surface area (Å²) in [6.45, 7) is 6.28. The number of primary amides is 1. The predicted octanol–water partition coefficient (Wildman–Crippen LogP) is 0.322. The van der Waals surface area contributed by atoms with Crippen molar-refractivity contribution in [3.05, 3.63) is 22.8 Å². The van der Waals surface area contributed by atoms with Crippen molar-refractivity contribution in [2.24, 2.45) is 23.5 Å². The molecule has 1 aromatic carbocycles. The number of Topliss-reactive ketones (excluding diaryl/α,β-unsaturated/α-hetero) is 2. The number of carbonyl (C=O) groups is 3. The van der Waals surface area contributed by atoms with Crippen molar-refractivity contribution in [3.63, 3.8) is 0 Å². The van der Waals surface area contributed by atoms with Crippen LogP contribution in [0.4, 0.5) is 11.4 Å². The number of nitrogens with zero attached hydrogens (tertiary/aromatic N) is 2. The number of rotatable bonds is 6. The Labute approximate surface area is 250 Å². The molecule has 12 nitrogen and oxygen atoms in total. The zero-order valence-electron chi connectivity index (χ0n) is 25.0. The number of thiocarbonyl (C=S) groups is 1. The average molecular weight is 604 g/mol. The molecular weight excluding hydrogens is 562 g/mol. The van der Waals surface area contributed by atoms with Gasteiger partial charge in [-0.15, -0.1) is 0 Å². The number of ketones is 2. The fourth-order valence-electron chi connectivity index (χ4n) is 6.69. The van der Waals surface area contributed by atoms with E-state index in [1.54, 1.807) is 39.2 Å². The van der Waals surface area contributed by atoms with E-state index in [9.17, 15) is 34.8 Å². The molecule has 2 unspecified atom stereocenters. The van der Waals surface area contributed by atoms with Crippen molar-refractivity contribution in [1.29, 1.82) is 0 Å². The molecule has 6 atom stereocenters. The number of hydrogen-bond acceptors (Lipinski definition) is 11. The Morgan fingerprint density at radius 3 is 2.33 bits per heavy atom. The van der Waals surface area contributed by atoms with Gasteiger partial charge in [0.25, 0.3) is 0 Å². The van der Waals surface area contributed by atoms with E-state index in [2.05, 4.69) is 10.6 Å². The Balaban J connectivity index is 1.86. The number of amides is 1. The number of phenolic OH excluding ortho intramolecular Hbond substituents is 1. The minimum atomic E-state index is -2.71. The second-order valence-electron chi connectivity index (χ2n) is 13.0. The highest BCUT2D eigenvalue weighted by molar-refractivity contribution is 7.80. The van der Waals surface area contributed by atoms with E-state index in [4.69, 9.17) is 18.0 Å². The third-order valence-electron chi connectivity index (χ3n) is 8.60. The Morgan fingerprint density at radius 2 is 1.81 bits per heavy atom. The molecular formula is C29H41N5O7S. The number of carbonyl (C=O) groups excluding carboxylic acids is 3. The third kappa shape index (κ3) is 5.06. The Morgan fingerprint density at radius 1 is 1.19 bits per heavy atom. The van der Waals surface area contributed by atoms with E-state index in [0.717, 1.165) is 0 Å². The van der Waals surface area contributed by atoms with E-state index >= 15 is 0 Å². The lowest BCUT2D eigenvalue weighted by Gasteiger charge is -2.53. The largest absolute Gasteiger partial charge is 0.507 e. The van der Waals surface area contributed by atoms with E-state index in [1.165, 1.54) is 0 Å². The van der Waals surface area contributed by atoms with Crippen LogP contribution < -0.4 is 21.3 Å². The molecule has 4 rings (SSSR count). The SMILES string of the molecule is CN(C)c1cc(NC(=S)CNC(C)(C)C)c(O)c2c1C[C@@H]1C[C@@H]3[C@@H](N(C)C)C(O)C(C(N)=O)C(=O)[C@]3(O)C(=O)C1=C2O. The van der Waals surface area contributed by atoms with Crippen molar-refractivity contribution in [3.8, 4) is 5.75 Å². The van der Waals surface area contributed by atoms with Crippen LogP contribution in [-0.2, 0) is 20.8 Å². The van der Waals surface area contributed by atoms with Crippen LogP contribution in [0.25, 0.3) is 5.76 Å². The molecule has 8 N–H and O–H groups in total. The smallest absolute Gasteiger partial charge is 0.230 e. The molecule has 230 valence electrons. The van der Waals surface area contributed by atoms with Crippen molar-refractivity contribution in [2.75, 3.05) is 45.0 Å². The maximum atomic E-state index is 14.1. The minimum absolute atomic E-state index is 0.00386. The lowest BCUT2D eigenvalue weighted by Crippen LogP contribution is -2.73. The number of benzene rings is 1. The Hall–Kier alpha value is -3.10. The first kappa shape index (κ1) is 31.8. The van der Waals surface area contributed by atoms with Gasteiger partial charge >= 0.3 is 0 Å². The van der Waals surface area contributed by atoms with Crippen molar-refractivity contribution in [2.45, 2.75) is 56.9 Å². The summed E-state index contributed by atoms with van der Waals surface area (Å²) in [5, 5.41) is 52.1. The molecule has 0 aliphatic heterocycles. The summed E-state index contributed by atoms with van der Waals surface area (Å²) in [5.74, 6) is -7.84. The number of hydrogen-bond donors (Lipinski definition) is 7. The molecule has 13 heteroatoms. The van der Waals surface area contributed by atoms with E-state index in [-0.39, 0.29) is 41.0 Å². The van der Waals surface area contributed by atoms with Crippen LogP contribution >= 0.6 is 12.2 Å². The molecule has 2 fully saturated rings. The normalized spacial score (nSPS) is 29.1. The first-order valence-electron chi connectivity index (χ1n) is 13.8. The number of nitrogens with one attached hydrogen (secondary N) is 2. The molecule has 0 saturated heterocycles. The topological polar surface area (TPSA) is 189 Å². The van der Waals surface area contributed by atoms with Crippen LogP contribution in [-0.4, -0.2) is 106 Å². The number of likely N-dealkylation sites (N-methyl/N-ethyl adjacent to an activating group) is 1. The lowest BCUT2D eigenvalue weighted by molar-refractivity contribution is -0.184. The van der Waals surface area contributed by atoms with Gasteiger partial charge in [-0.05, 0) is 65.3 Å². The third-order valence-corrected chi connectivity index (χ3v) is 8.85. The van der Waals surface area contributed by atoms with Gasteiger partial charge in [0.2, 0.25) is 11.7 Å². The summed E-state index contributed by atoms with van der Waals surface area (Å²) in [5.41, 5.74) is 3.76. The van der Waals surface area contributed by atoms with Crippen LogP contribution in [0.2, 0.25) is 0 Å². The molecule has 42 heavy (non-hydrogen) atoms. The summed E-state index contributed by atoms with van der Waals surface area (Å²) < 4.78 is 0. The second-order valence-corrected chi connectivity index (χ2v) is 13.5. The standard InChI is InChI=1S/C29H41N5O7S/c1-28(2,3)31-11-17(42)32-15-10-16(33(4)5)13-8-12-9-14-21(34(6)7)24(37)20(27(30)40)26(39)29(14,41)25(38)18(12)23(36)19(13)22(15)35/h10,12,14,20-21,24,31,35-37,41H,8-9,11H2,1-7H3,(H2,30,40)(H,32,42)/t12-,14-,20?,21-,24?,29-/m1/s1. The lowest BCUT2D eigenvalue weighted by atomic mass is 9.54. The Kier molecular flexibility index (Phi) is 8.24. The van der Waals surface area contributed by atoms with Crippen molar-refractivity contribution < 1.29 is 34.8 Å². The number of phenols is 1. The summed E-state index contributed by atoms with van der Waals surface area (Å²) >= 11 is 5.47. The highest BCUT2D eigenvalue weighted by atomic mass is 32.1. The number of aliphatic hydroxyl groups is 3. The first-order valence-corrected chi connectivity index (χ1v) is 14.2. The highest BCUT2D eigenvalue weighted by Crippen LogP contribution is 2.54. The van der Waals surface area contributed by atoms with Crippen LogP contribution in [0.5, 0.6) is 5.75 Å². The van der Waals surface area contributed by atoms with E-state index in [1.807, 2.05) is 25.7 Å². The molecule has 0 radical (unpaired) electrons. The maximum Gasteiger partial charge on any atom is 0.230 e. The number of aliphatic hydroxyl groups excluding tert-OH is 2. The van der Waals surface area contributed by atoms with Crippen LogP contribution in [0.15, 0.2) is 11.6 Å². The van der Waals surface area contributed by atoms with Crippen molar-refractivity contribution >= 4 is 51.8 Å². The first-order chi connectivity index (χ1) is 19.3. The molecule has 0 aromatic heterocycles. The number of aromatic hydroxyl groups is 1. The molecule has 1 aromatic rings. The van der Waals surface area contributed by atoms with Gasteiger partial charge in [-0.2, -0.15) is 0 Å². The molecule has 1 amide bonds. The van der Waals surface area contributed by atoms with Gasteiger partial charge in [0.05, 0.1) is 22.3 Å². The van der Waals surface area contributed by atoms with Gasteiger partial charge in [-0.1, -0.05) is 12.2 Å². The molecule has 0 spiro atoms. The Bertz CT molecular complexity index is 1390. The molecule has 3 aliphatic rings. The molecule has 3 aliphatic carbocycles. The van der Waals surface area contributed by atoms with Gasteiger partial charge in [0.15, 0.2) is 11.4 Å². The summed E-state index contributed by atoms with van der Waals surface area (Å²) in [4.78, 5) is 43.6. The van der Waals surface area contributed by atoms with Gasteiger partial charge in [0.1, 0.15) is 17.4 Å². The van der Waals surface area contributed by atoms with Gasteiger partial charge in [-0.25, -0.2) is 0 Å². The maximum absolute atomic E-state index is 14.1. The van der Waals surface area contributed by atoms with E-state index in [0.29, 0.717) is 22.8 Å². The van der Waals surface area contributed by atoms with Gasteiger partial charge < -0.3 is 46.6 Å². The van der Waals surface area contributed by atoms with E-state index < -0.39 is 58.7 Å². The predicted molar refractivity (Wildman–Crippen MR) is 162 cm³/mol. The molecule has 0 heterocycles. The summed E-state index contributed by atoms with van der Waals surface area (Å²) in [7, 11) is 6.84. The highest BCUT2D eigenvalue weighted by Gasteiger charge is 2.67. The molecule has 0 bridgehead atoms. The second kappa shape index (κ2) is 10.9. The summed E-state index contributed by atoms with van der Waals surface area (Å²) in [6, 6.07) is 0.764. The number of anilines is 2. The zero-order valence-corrected chi connectivity index (χ0v) is 25.8. The quantitative estimate of drug-likeness (QED) is 0.134. The summed E-state index contributed by atoms with van der Waals surface area (Å²) in [6.07, 6.45) is -1.28. The molecule has 2 saturated carbocycles. The average Bonchev–Trinajstić information content (AvgIpc) is 2.85. The van der Waals surface area contributed by atoms with Crippen LogP contribution in [0, 0.1) is 17.8 Å². The monoisotopic (exact) mass is 603 g/mol. The zero-order chi connectivity index (χ0) is 31.6. The number of fused-ring (bicyclic) bond motifs is 3. The van der Waals surface area contributed by atoms with Gasteiger partial charge in [-0.3, -0.25) is 14.4 Å². The van der Waals surface area contributed by atoms with Crippen molar-refractivity contribution in [1.82, 2.24) is 10.2 Å².